The van der Waals surface area contributed by atoms with Crippen molar-refractivity contribution in [2.24, 2.45) is 0 Å². The molecule has 0 saturated heterocycles. The van der Waals surface area contributed by atoms with Crippen molar-refractivity contribution in [3.05, 3.63) is 60.2 Å². The summed E-state index contributed by atoms with van der Waals surface area (Å²) in [5.41, 5.74) is 2.25. The minimum atomic E-state index is -0.448. The summed E-state index contributed by atoms with van der Waals surface area (Å²) in [4.78, 5) is 15.9. The number of methoxy groups -OCH3 is 1. The molecule has 0 aliphatic rings. The quantitative estimate of drug-likeness (QED) is 0.665. The van der Waals surface area contributed by atoms with Crippen molar-refractivity contribution < 1.29 is 13.9 Å². The van der Waals surface area contributed by atoms with Crippen molar-refractivity contribution in [1.82, 2.24) is 20.5 Å². The molecule has 2 heterocycles. The lowest BCUT2D eigenvalue weighted by Crippen LogP contribution is -2.28. The molecule has 0 fully saturated rings. The van der Waals surface area contributed by atoms with Gasteiger partial charge in [0.25, 0.3) is 0 Å². The summed E-state index contributed by atoms with van der Waals surface area (Å²) >= 11 is 0. The van der Waals surface area contributed by atoms with Crippen molar-refractivity contribution in [3.63, 3.8) is 0 Å². The highest BCUT2D eigenvalue weighted by Gasteiger charge is 2.08. The van der Waals surface area contributed by atoms with E-state index < -0.39 is 11.8 Å². The van der Waals surface area contributed by atoms with Crippen LogP contribution in [0.2, 0.25) is 0 Å². The monoisotopic (exact) mass is 341 g/mol. The van der Waals surface area contributed by atoms with E-state index in [1.807, 2.05) is 12.1 Å². The van der Waals surface area contributed by atoms with Gasteiger partial charge >= 0.3 is 6.03 Å². The number of aromatic amines is 1. The minimum absolute atomic E-state index is 0.154. The molecule has 0 saturated carbocycles. The van der Waals surface area contributed by atoms with E-state index in [1.165, 1.54) is 19.2 Å². The van der Waals surface area contributed by atoms with Crippen LogP contribution in [0, 0.1) is 5.82 Å². The van der Waals surface area contributed by atoms with Crippen molar-refractivity contribution in [1.29, 1.82) is 0 Å². The molecule has 0 radical (unpaired) electrons. The number of aromatic nitrogens is 3. The molecule has 0 bridgehead atoms. The van der Waals surface area contributed by atoms with Gasteiger partial charge in [-0.05, 0) is 29.8 Å². The van der Waals surface area contributed by atoms with Crippen LogP contribution >= 0.6 is 0 Å². The first-order valence-corrected chi connectivity index (χ1v) is 7.48. The maximum atomic E-state index is 13.4. The second-order valence-corrected chi connectivity index (χ2v) is 5.21. The molecule has 1 aromatic carbocycles. The Morgan fingerprint density at radius 2 is 2.04 bits per heavy atom. The summed E-state index contributed by atoms with van der Waals surface area (Å²) in [6.45, 7) is 0.154. The number of nitrogens with one attached hydrogen (secondary N) is 3. The normalized spacial score (nSPS) is 10.3. The lowest BCUT2D eigenvalue weighted by molar-refractivity contribution is 0.251. The Morgan fingerprint density at radius 3 is 2.80 bits per heavy atom. The largest absolute Gasteiger partial charge is 0.497 e. The van der Waals surface area contributed by atoms with Gasteiger partial charge in [-0.1, -0.05) is 0 Å². The van der Waals surface area contributed by atoms with E-state index >= 15 is 0 Å². The molecule has 2 aromatic heterocycles. The number of anilines is 1. The number of halogens is 1. The van der Waals surface area contributed by atoms with Crippen LogP contribution in [-0.2, 0) is 6.54 Å². The van der Waals surface area contributed by atoms with E-state index in [4.69, 9.17) is 4.74 Å². The number of urea groups is 1. The van der Waals surface area contributed by atoms with Crippen LogP contribution in [0.3, 0.4) is 0 Å². The van der Waals surface area contributed by atoms with Gasteiger partial charge in [0, 0.05) is 36.6 Å². The lowest BCUT2D eigenvalue weighted by Gasteiger charge is -2.07. The van der Waals surface area contributed by atoms with E-state index in [9.17, 15) is 9.18 Å². The van der Waals surface area contributed by atoms with Crippen molar-refractivity contribution >= 4 is 11.8 Å². The van der Waals surface area contributed by atoms with Crippen LogP contribution in [0.4, 0.5) is 15.0 Å². The van der Waals surface area contributed by atoms with Crippen LogP contribution in [-0.4, -0.2) is 28.3 Å². The number of benzene rings is 1. The van der Waals surface area contributed by atoms with Crippen molar-refractivity contribution in [3.8, 4) is 17.0 Å². The maximum absolute atomic E-state index is 13.4. The first-order valence-electron chi connectivity index (χ1n) is 7.48. The zero-order valence-corrected chi connectivity index (χ0v) is 13.4. The molecule has 3 rings (SSSR count). The SMILES string of the molecule is COc1cc(F)cc(CNC(=O)Nc2cc(-c3ccncc3)[nH]n2)c1. The molecule has 7 nitrogen and oxygen atoms in total. The highest BCUT2D eigenvalue weighted by atomic mass is 19.1. The highest BCUT2D eigenvalue weighted by Crippen LogP contribution is 2.18. The average Bonchev–Trinajstić information content (AvgIpc) is 3.08. The van der Waals surface area contributed by atoms with Crippen molar-refractivity contribution in [2.75, 3.05) is 12.4 Å². The Balaban J connectivity index is 1.58. The second-order valence-electron chi connectivity index (χ2n) is 5.21. The van der Waals surface area contributed by atoms with Crippen LogP contribution < -0.4 is 15.4 Å². The van der Waals surface area contributed by atoms with Gasteiger partial charge in [-0.3, -0.25) is 15.4 Å². The number of carbonyl (C=O) groups is 1. The van der Waals surface area contributed by atoms with Gasteiger partial charge in [0.05, 0.1) is 12.8 Å². The Hall–Kier alpha value is -3.42. The van der Waals surface area contributed by atoms with Crippen LogP contribution in [0.5, 0.6) is 5.75 Å². The highest BCUT2D eigenvalue weighted by molar-refractivity contribution is 5.88. The second kappa shape index (κ2) is 7.43. The summed E-state index contributed by atoms with van der Waals surface area (Å²) in [6.07, 6.45) is 3.34. The molecule has 25 heavy (non-hydrogen) atoms. The molecule has 0 spiro atoms. The molecule has 3 aromatic rings. The zero-order valence-electron chi connectivity index (χ0n) is 13.4. The Labute approximate surface area is 143 Å². The lowest BCUT2D eigenvalue weighted by atomic mass is 10.2. The Bertz CT molecular complexity index is 866. The minimum Gasteiger partial charge on any atom is -0.497 e. The third kappa shape index (κ3) is 4.31. The fraction of sp³-hybridized carbons (Fsp3) is 0.118. The standard InChI is InChI=1S/C17H16FN5O2/c1-25-14-7-11(6-13(18)8-14)10-20-17(24)21-16-9-15(22-23-16)12-2-4-19-5-3-12/h2-9H,10H2,1H3,(H3,20,21,22,23,24). The molecule has 3 N–H and O–H groups in total. The molecular formula is C17H16FN5O2. The number of rotatable bonds is 5. The van der Waals surface area contributed by atoms with Gasteiger partial charge < -0.3 is 10.1 Å². The van der Waals surface area contributed by atoms with Crippen LogP contribution in [0.25, 0.3) is 11.3 Å². The molecule has 8 heteroatoms. The van der Waals surface area contributed by atoms with Crippen LogP contribution in [0.15, 0.2) is 48.8 Å². The number of pyridine rings is 1. The summed E-state index contributed by atoms with van der Waals surface area (Å²) < 4.78 is 18.4. The average molecular weight is 341 g/mol. The van der Waals surface area contributed by atoms with Crippen LogP contribution in [0.1, 0.15) is 5.56 Å². The van der Waals surface area contributed by atoms with Gasteiger partial charge in [0.1, 0.15) is 11.6 Å². The summed E-state index contributed by atoms with van der Waals surface area (Å²) in [5.74, 6) is 0.346. The van der Waals surface area contributed by atoms with Gasteiger partial charge in [0.15, 0.2) is 5.82 Å². The first kappa shape index (κ1) is 16.4. The predicted octanol–water partition coefficient (Wildman–Crippen LogP) is 2.94. The van der Waals surface area contributed by atoms with E-state index in [0.717, 1.165) is 11.3 Å². The smallest absolute Gasteiger partial charge is 0.320 e. The van der Waals surface area contributed by atoms with Crippen molar-refractivity contribution in [2.45, 2.75) is 6.54 Å². The number of hydrogen-bond donors (Lipinski definition) is 3. The topological polar surface area (TPSA) is 91.9 Å². The third-order valence-electron chi connectivity index (χ3n) is 3.43. The number of ether oxygens (including phenoxy) is 1. The molecular weight excluding hydrogens is 325 g/mol. The summed E-state index contributed by atoms with van der Waals surface area (Å²) in [7, 11) is 1.46. The number of amides is 2. The predicted molar refractivity (Wildman–Crippen MR) is 90.6 cm³/mol. The van der Waals surface area contributed by atoms with Gasteiger partial charge in [-0.25, -0.2) is 9.18 Å². The Morgan fingerprint density at radius 1 is 1.24 bits per heavy atom. The number of hydrogen-bond acceptors (Lipinski definition) is 4. The summed E-state index contributed by atoms with van der Waals surface area (Å²) in [5, 5.41) is 12.1. The number of H-pyrrole nitrogens is 1. The van der Waals surface area contributed by atoms with Gasteiger partial charge in [-0.2, -0.15) is 5.10 Å². The van der Waals surface area contributed by atoms with Gasteiger partial charge in [0.2, 0.25) is 0 Å². The number of nitrogens with zero attached hydrogens (tertiary/aromatic N) is 2. The molecule has 0 aliphatic carbocycles. The van der Waals surface area contributed by atoms with Gasteiger partial charge in [-0.15, -0.1) is 0 Å². The van der Waals surface area contributed by atoms with E-state index in [1.54, 1.807) is 24.5 Å². The fourth-order valence-electron chi connectivity index (χ4n) is 2.25. The molecule has 0 aliphatic heterocycles. The molecule has 0 atom stereocenters. The van der Waals surface area contributed by atoms with E-state index in [0.29, 0.717) is 17.1 Å². The van der Waals surface area contributed by atoms with E-state index in [-0.39, 0.29) is 6.54 Å². The molecule has 2 amide bonds. The van der Waals surface area contributed by atoms with E-state index in [2.05, 4.69) is 25.8 Å². The Kier molecular flexibility index (Phi) is 4.89. The molecule has 0 unspecified atom stereocenters. The first-order chi connectivity index (χ1) is 12.1. The maximum Gasteiger partial charge on any atom is 0.320 e. The number of carbonyl (C=O) groups excluding carboxylic acids is 1. The zero-order chi connectivity index (χ0) is 17.6. The summed E-state index contributed by atoms with van der Waals surface area (Å²) in [6, 6.07) is 9.17. The fourth-order valence-corrected chi connectivity index (χ4v) is 2.25. The molecule has 128 valence electrons. The third-order valence-corrected chi connectivity index (χ3v) is 3.43.